The summed E-state index contributed by atoms with van der Waals surface area (Å²) in [5, 5.41) is 10.9. The molecule has 1 aliphatic rings. The zero-order valence-corrected chi connectivity index (χ0v) is 17.0. The average Bonchev–Trinajstić information content (AvgIpc) is 2.52. The molecule has 2 heteroatoms. The van der Waals surface area contributed by atoms with Gasteiger partial charge in [-0.05, 0) is 75.5 Å². The van der Waals surface area contributed by atoms with Gasteiger partial charge in [0.2, 0.25) is 0 Å². The SMILES string of the molecule is CCCCC(C)(C)c1cc(O)c(C2CCC=C(C)C2)c(OC(C)C)c1. The van der Waals surface area contributed by atoms with Gasteiger partial charge in [-0.2, -0.15) is 0 Å². The van der Waals surface area contributed by atoms with Crippen molar-refractivity contribution in [3.63, 3.8) is 0 Å². The van der Waals surface area contributed by atoms with E-state index in [-0.39, 0.29) is 11.5 Å². The quantitative estimate of drug-likeness (QED) is 0.547. The maximum absolute atomic E-state index is 10.9. The molecule has 1 unspecified atom stereocenters. The summed E-state index contributed by atoms with van der Waals surface area (Å²) in [5.74, 6) is 1.65. The number of benzene rings is 1. The number of hydrogen-bond acceptors (Lipinski definition) is 2. The number of allylic oxidation sites excluding steroid dienone is 2. The van der Waals surface area contributed by atoms with Crippen LogP contribution in [-0.2, 0) is 5.41 Å². The molecule has 1 aliphatic carbocycles. The molecule has 0 aromatic heterocycles. The fourth-order valence-electron chi connectivity index (χ4n) is 3.88. The number of ether oxygens (including phenoxy) is 1. The van der Waals surface area contributed by atoms with Gasteiger partial charge in [0, 0.05) is 5.56 Å². The molecule has 0 spiro atoms. The van der Waals surface area contributed by atoms with Gasteiger partial charge in [-0.15, -0.1) is 0 Å². The van der Waals surface area contributed by atoms with E-state index in [4.69, 9.17) is 4.74 Å². The van der Waals surface area contributed by atoms with E-state index in [1.807, 2.05) is 6.07 Å². The summed E-state index contributed by atoms with van der Waals surface area (Å²) in [6.45, 7) is 13.1. The van der Waals surface area contributed by atoms with Gasteiger partial charge in [-0.1, -0.05) is 45.3 Å². The Morgan fingerprint density at radius 3 is 2.60 bits per heavy atom. The van der Waals surface area contributed by atoms with Crippen molar-refractivity contribution >= 4 is 0 Å². The number of phenolic OH excluding ortho intramolecular Hbond substituents is 1. The van der Waals surface area contributed by atoms with Crippen molar-refractivity contribution < 1.29 is 9.84 Å². The lowest BCUT2D eigenvalue weighted by Crippen LogP contribution is -2.19. The van der Waals surface area contributed by atoms with Gasteiger partial charge in [-0.25, -0.2) is 0 Å². The minimum absolute atomic E-state index is 0.0451. The highest BCUT2D eigenvalue weighted by Crippen LogP contribution is 2.45. The highest BCUT2D eigenvalue weighted by atomic mass is 16.5. The number of aromatic hydroxyl groups is 1. The molecule has 0 fully saturated rings. The van der Waals surface area contributed by atoms with Crippen LogP contribution < -0.4 is 4.74 Å². The molecule has 25 heavy (non-hydrogen) atoms. The lowest BCUT2D eigenvalue weighted by Gasteiger charge is -2.30. The minimum atomic E-state index is 0.0451. The summed E-state index contributed by atoms with van der Waals surface area (Å²) in [6, 6.07) is 4.18. The standard InChI is InChI=1S/C23H36O2/c1-7-8-12-23(5,6)19-14-20(24)22(21(15-19)25-16(2)3)18-11-9-10-17(4)13-18/h10,14-16,18,24H,7-9,11-13H2,1-6H3. The van der Waals surface area contributed by atoms with Crippen molar-refractivity contribution in [3.05, 3.63) is 34.9 Å². The molecular formula is C23H36O2. The zero-order valence-electron chi connectivity index (χ0n) is 17.0. The highest BCUT2D eigenvalue weighted by Gasteiger charge is 2.28. The van der Waals surface area contributed by atoms with Crippen LogP contribution in [0.3, 0.4) is 0 Å². The van der Waals surface area contributed by atoms with E-state index in [1.54, 1.807) is 0 Å². The molecule has 1 atom stereocenters. The van der Waals surface area contributed by atoms with E-state index in [0.717, 1.165) is 37.0 Å². The Bertz CT molecular complexity index is 611. The van der Waals surface area contributed by atoms with Crippen LogP contribution in [0.2, 0.25) is 0 Å². The minimum Gasteiger partial charge on any atom is -0.508 e. The normalized spacial score (nSPS) is 18.4. The van der Waals surface area contributed by atoms with Crippen LogP contribution in [0, 0.1) is 0 Å². The first-order valence-corrected chi connectivity index (χ1v) is 9.94. The van der Waals surface area contributed by atoms with Crippen LogP contribution in [0.1, 0.15) is 97.1 Å². The molecule has 0 radical (unpaired) electrons. The molecule has 0 aliphatic heterocycles. The van der Waals surface area contributed by atoms with Gasteiger partial charge in [0.05, 0.1) is 6.10 Å². The predicted octanol–water partition coefficient (Wildman–Crippen LogP) is 6.86. The summed E-state index contributed by atoms with van der Waals surface area (Å²) in [5.41, 5.74) is 3.65. The van der Waals surface area contributed by atoms with E-state index >= 15 is 0 Å². The third kappa shape index (κ3) is 5.03. The number of rotatable bonds is 7. The van der Waals surface area contributed by atoms with Crippen molar-refractivity contribution in [2.75, 3.05) is 0 Å². The number of phenols is 1. The lowest BCUT2D eigenvalue weighted by atomic mass is 9.77. The smallest absolute Gasteiger partial charge is 0.127 e. The fourth-order valence-corrected chi connectivity index (χ4v) is 3.88. The van der Waals surface area contributed by atoms with Gasteiger partial charge in [0.1, 0.15) is 11.5 Å². The average molecular weight is 345 g/mol. The summed E-state index contributed by atoms with van der Waals surface area (Å²) in [4.78, 5) is 0. The molecule has 1 aromatic rings. The third-order valence-electron chi connectivity index (χ3n) is 5.40. The van der Waals surface area contributed by atoms with Crippen molar-refractivity contribution in [3.8, 4) is 11.5 Å². The van der Waals surface area contributed by atoms with Crippen LogP contribution in [-0.4, -0.2) is 11.2 Å². The van der Waals surface area contributed by atoms with E-state index in [0.29, 0.717) is 11.7 Å². The molecule has 1 aromatic carbocycles. The topological polar surface area (TPSA) is 29.5 Å². The van der Waals surface area contributed by atoms with E-state index in [9.17, 15) is 5.11 Å². The molecule has 0 saturated heterocycles. The van der Waals surface area contributed by atoms with Crippen molar-refractivity contribution in [2.24, 2.45) is 0 Å². The Labute approximate surface area is 154 Å². The van der Waals surface area contributed by atoms with Crippen LogP contribution in [0.25, 0.3) is 0 Å². The Balaban J connectivity index is 2.44. The second-order valence-electron chi connectivity index (χ2n) is 8.59. The zero-order chi connectivity index (χ0) is 18.6. The Kier molecular flexibility index (Phi) is 6.59. The Morgan fingerprint density at radius 2 is 2.00 bits per heavy atom. The molecule has 1 N–H and O–H groups in total. The monoisotopic (exact) mass is 344 g/mol. The molecular weight excluding hydrogens is 308 g/mol. The van der Waals surface area contributed by atoms with E-state index in [1.165, 1.54) is 24.0 Å². The van der Waals surface area contributed by atoms with Crippen molar-refractivity contribution in [1.82, 2.24) is 0 Å². The molecule has 2 nitrogen and oxygen atoms in total. The molecule has 2 rings (SSSR count). The summed E-state index contributed by atoms with van der Waals surface area (Å²) in [6.07, 6.45) is 9.11. The Morgan fingerprint density at radius 1 is 1.28 bits per heavy atom. The molecule has 0 heterocycles. The van der Waals surface area contributed by atoms with Gasteiger partial charge in [-0.3, -0.25) is 0 Å². The Hall–Kier alpha value is -1.44. The maximum atomic E-state index is 10.9. The van der Waals surface area contributed by atoms with Gasteiger partial charge >= 0.3 is 0 Å². The molecule has 0 bridgehead atoms. The second kappa shape index (κ2) is 8.29. The lowest BCUT2D eigenvalue weighted by molar-refractivity contribution is 0.235. The number of unbranched alkanes of at least 4 members (excludes halogenated alkanes) is 1. The van der Waals surface area contributed by atoms with E-state index in [2.05, 4.69) is 53.7 Å². The first kappa shape index (κ1) is 19.9. The predicted molar refractivity (Wildman–Crippen MR) is 107 cm³/mol. The summed E-state index contributed by atoms with van der Waals surface area (Å²) < 4.78 is 6.18. The summed E-state index contributed by atoms with van der Waals surface area (Å²) in [7, 11) is 0. The van der Waals surface area contributed by atoms with Crippen LogP contribution >= 0.6 is 0 Å². The molecule has 0 amide bonds. The second-order valence-corrected chi connectivity index (χ2v) is 8.59. The largest absolute Gasteiger partial charge is 0.508 e. The van der Waals surface area contributed by atoms with E-state index < -0.39 is 0 Å². The van der Waals surface area contributed by atoms with Crippen LogP contribution in [0.5, 0.6) is 11.5 Å². The molecule has 140 valence electrons. The first-order valence-electron chi connectivity index (χ1n) is 9.94. The van der Waals surface area contributed by atoms with Crippen LogP contribution in [0.4, 0.5) is 0 Å². The third-order valence-corrected chi connectivity index (χ3v) is 5.40. The van der Waals surface area contributed by atoms with Crippen molar-refractivity contribution in [1.29, 1.82) is 0 Å². The first-order chi connectivity index (χ1) is 11.7. The van der Waals surface area contributed by atoms with Gasteiger partial charge < -0.3 is 9.84 Å². The van der Waals surface area contributed by atoms with Crippen molar-refractivity contribution in [2.45, 2.75) is 97.5 Å². The maximum Gasteiger partial charge on any atom is 0.127 e. The van der Waals surface area contributed by atoms with Crippen LogP contribution in [0.15, 0.2) is 23.8 Å². The van der Waals surface area contributed by atoms with Gasteiger partial charge in [0.25, 0.3) is 0 Å². The highest BCUT2D eigenvalue weighted by molar-refractivity contribution is 5.52. The van der Waals surface area contributed by atoms with Gasteiger partial charge in [0.15, 0.2) is 0 Å². The summed E-state index contributed by atoms with van der Waals surface area (Å²) >= 11 is 0. The molecule has 0 saturated carbocycles. The fraction of sp³-hybridized carbons (Fsp3) is 0.652. The number of hydrogen-bond donors (Lipinski definition) is 1.